The lowest BCUT2D eigenvalue weighted by Crippen LogP contribution is -2.44. The molecule has 1 aromatic carbocycles. The van der Waals surface area contributed by atoms with Crippen LogP contribution in [-0.2, 0) is 0 Å². The number of aromatic nitrogens is 5. The van der Waals surface area contributed by atoms with Crippen molar-refractivity contribution in [3.05, 3.63) is 59.1 Å². The number of pyridine rings is 1. The summed E-state index contributed by atoms with van der Waals surface area (Å²) < 4.78 is 0. The predicted octanol–water partition coefficient (Wildman–Crippen LogP) is 4.09. The largest absolute Gasteiger partial charge is 0.323 e. The van der Waals surface area contributed by atoms with Crippen LogP contribution in [0.1, 0.15) is 24.2 Å². The third-order valence-electron chi connectivity index (χ3n) is 5.89. The molecule has 8 nitrogen and oxygen atoms in total. The highest BCUT2D eigenvalue weighted by Crippen LogP contribution is 2.33. The second-order valence-corrected chi connectivity index (χ2v) is 8.39. The van der Waals surface area contributed by atoms with Crippen molar-refractivity contribution >= 4 is 34.4 Å². The first kappa shape index (κ1) is 20.8. The number of anilines is 2. The first-order chi connectivity index (χ1) is 15.6. The molecule has 5 rings (SSSR count). The smallest absolute Gasteiger partial charge is 0.206 e. The number of imidazole rings is 1. The number of hydrogen-bond donors (Lipinski definition) is 3. The minimum absolute atomic E-state index is 0.324. The van der Waals surface area contributed by atoms with Gasteiger partial charge in [-0.25, -0.2) is 19.9 Å². The standard InChI is InChI=1S/C23H25ClN8/c1-14-11-19(28-13-27-14)17-3-4-18-22(21(17)24)31-23(29-18)30-20-12-16(5-6-26-20)15(2)32-9-7-25-8-10-32/h3-6,11-13,15,25H,7-10H2,1-2H3,(H2,26,29,30,31). The molecular weight excluding hydrogens is 424 g/mol. The van der Waals surface area contributed by atoms with E-state index in [1.807, 2.05) is 31.3 Å². The number of H-pyrrole nitrogens is 1. The van der Waals surface area contributed by atoms with Crippen molar-refractivity contribution in [2.75, 3.05) is 31.5 Å². The van der Waals surface area contributed by atoms with Crippen LogP contribution in [0.3, 0.4) is 0 Å². The third kappa shape index (κ3) is 4.17. The topological polar surface area (TPSA) is 94.7 Å². The van der Waals surface area contributed by atoms with Gasteiger partial charge in [-0.2, -0.15) is 0 Å². The average molecular weight is 449 g/mol. The maximum Gasteiger partial charge on any atom is 0.206 e. The van der Waals surface area contributed by atoms with Crippen LogP contribution >= 0.6 is 11.6 Å². The van der Waals surface area contributed by atoms with E-state index in [0.717, 1.165) is 60.0 Å². The molecule has 1 aliphatic heterocycles. The van der Waals surface area contributed by atoms with E-state index in [2.05, 4.69) is 59.5 Å². The minimum Gasteiger partial charge on any atom is -0.323 e. The van der Waals surface area contributed by atoms with E-state index < -0.39 is 0 Å². The first-order valence-corrected chi connectivity index (χ1v) is 11.1. The molecule has 4 heterocycles. The maximum absolute atomic E-state index is 6.71. The number of hydrogen-bond acceptors (Lipinski definition) is 7. The van der Waals surface area contributed by atoms with Gasteiger partial charge in [0.25, 0.3) is 0 Å². The van der Waals surface area contributed by atoms with Crippen LogP contribution in [0.15, 0.2) is 42.9 Å². The average Bonchev–Trinajstić information content (AvgIpc) is 3.23. The summed E-state index contributed by atoms with van der Waals surface area (Å²) in [4.78, 5) is 23.4. The molecule has 164 valence electrons. The monoisotopic (exact) mass is 448 g/mol. The fourth-order valence-electron chi connectivity index (χ4n) is 4.08. The van der Waals surface area contributed by atoms with Crippen molar-refractivity contribution in [1.82, 2.24) is 35.1 Å². The number of nitrogens with zero attached hydrogens (tertiary/aromatic N) is 5. The highest BCUT2D eigenvalue weighted by Gasteiger charge is 2.19. The number of piperazine rings is 1. The van der Waals surface area contributed by atoms with Crippen molar-refractivity contribution < 1.29 is 0 Å². The first-order valence-electron chi connectivity index (χ1n) is 10.7. The Morgan fingerprint density at radius 2 is 1.94 bits per heavy atom. The van der Waals surface area contributed by atoms with Gasteiger partial charge < -0.3 is 15.6 Å². The van der Waals surface area contributed by atoms with Gasteiger partial charge in [-0.15, -0.1) is 0 Å². The molecule has 32 heavy (non-hydrogen) atoms. The lowest BCUT2D eigenvalue weighted by Gasteiger charge is -2.33. The molecule has 1 atom stereocenters. The van der Waals surface area contributed by atoms with Crippen LogP contribution in [0.4, 0.5) is 11.8 Å². The zero-order chi connectivity index (χ0) is 22.1. The highest BCUT2D eigenvalue weighted by molar-refractivity contribution is 6.37. The molecule has 4 aromatic rings. The molecule has 1 saturated heterocycles. The number of rotatable bonds is 5. The van der Waals surface area contributed by atoms with E-state index in [1.165, 1.54) is 5.56 Å². The third-order valence-corrected chi connectivity index (χ3v) is 6.28. The number of halogens is 1. The van der Waals surface area contributed by atoms with E-state index in [-0.39, 0.29) is 0 Å². The summed E-state index contributed by atoms with van der Waals surface area (Å²) in [5, 5.41) is 7.28. The Balaban J connectivity index is 1.40. The van der Waals surface area contributed by atoms with Crippen molar-refractivity contribution in [3.8, 4) is 11.3 Å². The Bertz CT molecular complexity index is 1250. The van der Waals surface area contributed by atoms with Gasteiger partial charge in [-0.1, -0.05) is 11.6 Å². The molecule has 0 radical (unpaired) electrons. The number of aryl methyl sites for hydroxylation is 1. The Labute approximate surface area is 191 Å². The summed E-state index contributed by atoms with van der Waals surface area (Å²) in [6, 6.07) is 10.3. The molecule has 0 bridgehead atoms. The van der Waals surface area contributed by atoms with Gasteiger partial charge in [0, 0.05) is 49.7 Å². The maximum atomic E-state index is 6.71. The second-order valence-electron chi connectivity index (χ2n) is 8.01. The Morgan fingerprint density at radius 1 is 1.09 bits per heavy atom. The summed E-state index contributed by atoms with van der Waals surface area (Å²) in [6.07, 6.45) is 3.38. The Kier molecular flexibility index (Phi) is 5.73. The van der Waals surface area contributed by atoms with Gasteiger partial charge in [0.2, 0.25) is 5.95 Å². The van der Waals surface area contributed by atoms with Gasteiger partial charge in [-0.05, 0) is 49.7 Å². The fourth-order valence-corrected chi connectivity index (χ4v) is 4.38. The molecule has 0 amide bonds. The minimum atomic E-state index is 0.324. The number of nitrogens with one attached hydrogen (secondary N) is 3. The predicted molar refractivity (Wildman–Crippen MR) is 127 cm³/mol. The quantitative estimate of drug-likeness (QED) is 0.423. The number of benzene rings is 1. The lowest BCUT2D eigenvalue weighted by molar-refractivity contribution is 0.185. The van der Waals surface area contributed by atoms with Crippen molar-refractivity contribution in [3.63, 3.8) is 0 Å². The summed E-state index contributed by atoms with van der Waals surface area (Å²) in [5.41, 5.74) is 5.26. The molecule has 3 N–H and O–H groups in total. The molecule has 3 aromatic heterocycles. The van der Waals surface area contributed by atoms with E-state index in [1.54, 1.807) is 6.33 Å². The summed E-state index contributed by atoms with van der Waals surface area (Å²) in [5.74, 6) is 1.34. The Morgan fingerprint density at radius 3 is 2.75 bits per heavy atom. The van der Waals surface area contributed by atoms with Crippen molar-refractivity contribution in [1.29, 1.82) is 0 Å². The van der Waals surface area contributed by atoms with Crippen LogP contribution in [0, 0.1) is 6.92 Å². The number of fused-ring (bicyclic) bond motifs is 1. The zero-order valence-electron chi connectivity index (χ0n) is 18.1. The molecule has 0 saturated carbocycles. The van der Waals surface area contributed by atoms with Crippen LogP contribution in [0.5, 0.6) is 0 Å². The SMILES string of the molecule is Cc1cc(-c2ccc3nc(Nc4cc(C(C)N5CCNCC5)ccn4)[nH]c3c2Cl)ncn1. The molecule has 0 spiro atoms. The van der Waals surface area contributed by atoms with Crippen molar-refractivity contribution in [2.45, 2.75) is 19.9 Å². The lowest BCUT2D eigenvalue weighted by atomic mass is 10.1. The van der Waals surface area contributed by atoms with Gasteiger partial charge in [0.15, 0.2) is 0 Å². The molecule has 1 fully saturated rings. The van der Waals surface area contributed by atoms with E-state index in [4.69, 9.17) is 11.6 Å². The van der Waals surface area contributed by atoms with Crippen LogP contribution in [-0.4, -0.2) is 56.0 Å². The Hall–Kier alpha value is -3.07. The van der Waals surface area contributed by atoms with Gasteiger partial charge in [0.05, 0.1) is 21.7 Å². The summed E-state index contributed by atoms with van der Waals surface area (Å²) in [7, 11) is 0. The van der Waals surface area contributed by atoms with Crippen molar-refractivity contribution in [2.24, 2.45) is 0 Å². The van der Waals surface area contributed by atoms with E-state index in [0.29, 0.717) is 17.0 Å². The molecule has 1 unspecified atom stereocenters. The van der Waals surface area contributed by atoms with E-state index in [9.17, 15) is 0 Å². The van der Waals surface area contributed by atoms with Crippen LogP contribution in [0.2, 0.25) is 5.02 Å². The fraction of sp³-hybridized carbons (Fsp3) is 0.304. The zero-order valence-corrected chi connectivity index (χ0v) is 18.8. The molecule has 0 aliphatic carbocycles. The molecule has 9 heteroatoms. The normalized spacial score (nSPS) is 15.7. The molecular formula is C23H25ClN8. The van der Waals surface area contributed by atoms with Gasteiger partial charge >= 0.3 is 0 Å². The van der Waals surface area contributed by atoms with E-state index >= 15 is 0 Å². The number of aromatic amines is 1. The van der Waals surface area contributed by atoms with Crippen LogP contribution in [0.25, 0.3) is 22.3 Å². The summed E-state index contributed by atoms with van der Waals surface area (Å²) in [6.45, 7) is 8.31. The molecule has 1 aliphatic rings. The van der Waals surface area contributed by atoms with Crippen LogP contribution < -0.4 is 10.6 Å². The highest BCUT2D eigenvalue weighted by atomic mass is 35.5. The second kappa shape index (κ2) is 8.82. The van der Waals surface area contributed by atoms with Gasteiger partial charge in [-0.3, -0.25) is 4.90 Å². The summed E-state index contributed by atoms with van der Waals surface area (Å²) >= 11 is 6.71. The van der Waals surface area contributed by atoms with Gasteiger partial charge in [0.1, 0.15) is 12.1 Å².